The van der Waals surface area contributed by atoms with Crippen molar-refractivity contribution < 1.29 is 24.2 Å². The molecule has 0 unspecified atom stereocenters. The molecule has 0 fully saturated rings. The molecule has 31 heavy (non-hydrogen) atoms. The van der Waals surface area contributed by atoms with Crippen molar-refractivity contribution in [2.75, 3.05) is 13.7 Å². The first-order chi connectivity index (χ1) is 14.6. The number of ketones is 1. The van der Waals surface area contributed by atoms with Gasteiger partial charge in [-0.2, -0.15) is 0 Å². The van der Waals surface area contributed by atoms with E-state index in [9.17, 15) is 14.7 Å². The summed E-state index contributed by atoms with van der Waals surface area (Å²) in [6.07, 6.45) is 3.21. The Labute approximate surface area is 183 Å². The Hall–Kier alpha value is -3.02. The van der Waals surface area contributed by atoms with E-state index in [1.54, 1.807) is 19.1 Å². The molecular formula is C25H31NO5. The number of hydrogen-bond donors (Lipinski definition) is 2. The molecular weight excluding hydrogens is 394 g/mol. The Balaban J connectivity index is 2.27. The van der Waals surface area contributed by atoms with Crippen molar-refractivity contribution in [1.29, 1.82) is 0 Å². The number of benzene rings is 1. The molecule has 1 atom stereocenters. The zero-order chi connectivity index (χ0) is 22.9. The van der Waals surface area contributed by atoms with Gasteiger partial charge < -0.3 is 19.9 Å². The zero-order valence-corrected chi connectivity index (χ0v) is 18.9. The summed E-state index contributed by atoms with van der Waals surface area (Å²) >= 11 is 0. The second-order valence-electron chi connectivity index (χ2n) is 8.87. The molecule has 0 aromatic heterocycles. The van der Waals surface area contributed by atoms with E-state index in [2.05, 4.69) is 25.7 Å². The lowest BCUT2D eigenvalue weighted by molar-refractivity contribution is -0.138. The molecule has 1 aliphatic carbocycles. The number of esters is 1. The summed E-state index contributed by atoms with van der Waals surface area (Å²) in [6, 6.07) is 3.52. The third-order valence-corrected chi connectivity index (χ3v) is 5.83. The average molecular weight is 426 g/mol. The van der Waals surface area contributed by atoms with E-state index < -0.39 is 11.9 Å². The molecule has 0 amide bonds. The number of carbonyl (C=O) groups excluding carboxylic acids is 2. The molecule has 0 saturated carbocycles. The van der Waals surface area contributed by atoms with Crippen LogP contribution in [0.5, 0.6) is 11.5 Å². The summed E-state index contributed by atoms with van der Waals surface area (Å²) < 4.78 is 10.7. The molecule has 6 nitrogen and oxygen atoms in total. The van der Waals surface area contributed by atoms with Gasteiger partial charge in [0.25, 0.3) is 0 Å². The summed E-state index contributed by atoms with van der Waals surface area (Å²) in [6.45, 7) is 11.7. The van der Waals surface area contributed by atoms with Crippen molar-refractivity contribution in [3.05, 3.63) is 58.5 Å². The van der Waals surface area contributed by atoms with Crippen LogP contribution in [0.15, 0.2) is 47.3 Å². The van der Waals surface area contributed by atoms with Gasteiger partial charge in [-0.25, -0.2) is 4.79 Å². The van der Waals surface area contributed by atoms with Crippen LogP contribution in [0.25, 0.3) is 0 Å². The predicted octanol–water partition coefficient (Wildman–Crippen LogP) is 4.30. The van der Waals surface area contributed by atoms with Crippen LogP contribution in [0, 0.1) is 5.41 Å². The highest BCUT2D eigenvalue weighted by atomic mass is 16.5. The van der Waals surface area contributed by atoms with Crippen molar-refractivity contribution in [2.45, 2.75) is 52.9 Å². The monoisotopic (exact) mass is 425 g/mol. The van der Waals surface area contributed by atoms with Crippen molar-refractivity contribution in [1.82, 2.24) is 5.32 Å². The number of dihydropyridines is 1. The van der Waals surface area contributed by atoms with Gasteiger partial charge in [-0.3, -0.25) is 4.79 Å². The van der Waals surface area contributed by atoms with E-state index in [1.807, 2.05) is 13.0 Å². The van der Waals surface area contributed by atoms with Crippen molar-refractivity contribution in [3.63, 3.8) is 0 Å². The second-order valence-corrected chi connectivity index (χ2v) is 8.87. The molecule has 2 N–H and O–H groups in total. The summed E-state index contributed by atoms with van der Waals surface area (Å²) in [4.78, 5) is 26.3. The van der Waals surface area contributed by atoms with E-state index in [4.69, 9.17) is 9.47 Å². The first-order valence-electron chi connectivity index (χ1n) is 10.5. The van der Waals surface area contributed by atoms with Gasteiger partial charge >= 0.3 is 5.97 Å². The Morgan fingerprint density at radius 1 is 1.35 bits per heavy atom. The van der Waals surface area contributed by atoms with Gasteiger partial charge in [0.2, 0.25) is 0 Å². The van der Waals surface area contributed by atoms with Gasteiger partial charge in [-0.15, -0.1) is 6.58 Å². The molecule has 1 aromatic carbocycles. The van der Waals surface area contributed by atoms with E-state index in [0.717, 1.165) is 5.70 Å². The largest absolute Gasteiger partial charge is 0.504 e. The van der Waals surface area contributed by atoms with Gasteiger partial charge in [0.05, 0.1) is 19.3 Å². The Kier molecular flexibility index (Phi) is 6.30. The highest BCUT2D eigenvalue weighted by Gasteiger charge is 2.43. The number of hydrogen-bond acceptors (Lipinski definition) is 6. The molecule has 0 saturated heterocycles. The number of phenolic OH excluding ortho intramolecular Hbond substituents is 1. The van der Waals surface area contributed by atoms with Crippen LogP contribution in [0.4, 0.5) is 0 Å². The fourth-order valence-corrected chi connectivity index (χ4v) is 4.57. The van der Waals surface area contributed by atoms with Gasteiger partial charge in [0.15, 0.2) is 17.3 Å². The quantitative estimate of drug-likeness (QED) is 0.522. The van der Waals surface area contributed by atoms with Crippen molar-refractivity contribution in [2.24, 2.45) is 5.41 Å². The van der Waals surface area contributed by atoms with Crippen LogP contribution in [0.1, 0.15) is 57.6 Å². The first kappa shape index (κ1) is 22.7. The predicted molar refractivity (Wildman–Crippen MR) is 119 cm³/mol. The molecule has 166 valence electrons. The van der Waals surface area contributed by atoms with E-state index in [0.29, 0.717) is 53.0 Å². The maximum absolute atomic E-state index is 13.3. The maximum Gasteiger partial charge on any atom is 0.336 e. The maximum atomic E-state index is 13.3. The van der Waals surface area contributed by atoms with Gasteiger partial charge in [-0.05, 0) is 43.7 Å². The number of rotatable bonds is 6. The lowest BCUT2D eigenvalue weighted by Crippen LogP contribution is -2.38. The molecule has 1 heterocycles. The lowest BCUT2D eigenvalue weighted by Gasteiger charge is -2.39. The van der Waals surface area contributed by atoms with Crippen LogP contribution in [-0.2, 0) is 20.7 Å². The number of aromatic hydroxyl groups is 1. The number of ether oxygens (including phenoxy) is 2. The summed E-state index contributed by atoms with van der Waals surface area (Å²) in [7, 11) is 1.48. The molecule has 1 aliphatic heterocycles. The third kappa shape index (κ3) is 4.24. The average Bonchev–Trinajstić information content (AvgIpc) is 2.67. The summed E-state index contributed by atoms with van der Waals surface area (Å²) in [5.41, 5.74) is 3.66. The summed E-state index contributed by atoms with van der Waals surface area (Å²) in [5.74, 6) is -0.727. The minimum atomic E-state index is -0.600. The van der Waals surface area contributed by atoms with E-state index >= 15 is 0 Å². The Morgan fingerprint density at radius 2 is 2.06 bits per heavy atom. The topological polar surface area (TPSA) is 84.9 Å². The Morgan fingerprint density at radius 3 is 2.68 bits per heavy atom. The zero-order valence-electron chi connectivity index (χ0n) is 18.9. The van der Waals surface area contributed by atoms with Gasteiger partial charge in [-0.1, -0.05) is 26.0 Å². The molecule has 3 rings (SSSR count). The molecule has 0 bridgehead atoms. The van der Waals surface area contributed by atoms with Crippen LogP contribution < -0.4 is 10.1 Å². The smallest absolute Gasteiger partial charge is 0.336 e. The highest BCUT2D eigenvalue weighted by molar-refractivity contribution is 6.04. The number of Topliss-reactive ketones (excluding diaryl/α,β-unsaturated/α-hetero) is 1. The number of nitrogens with one attached hydrogen (secondary N) is 1. The van der Waals surface area contributed by atoms with Gasteiger partial charge in [0, 0.05) is 34.9 Å². The minimum absolute atomic E-state index is 0.00959. The first-order valence-corrected chi connectivity index (χ1v) is 10.5. The number of carbonyl (C=O) groups is 2. The fraction of sp³-hybridized carbons (Fsp3) is 0.440. The molecule has 0 radical (unpaired) electrons. The number of methoxy groups -OCH3 is 1. The fourth-order valence-electron chi connectivity index (χ4n) is 4.57. The Bertz CT molecular complexity index is 999. The summed E-state index contributed by atoms with van der Waals surface area (Å²) in [5, 5.41) is 13.9. The van der Waals surface area contributed by atoms with E-state index in [-0.39, 0.29) is 23.6 Å². The van der Waals surface area contributed by atoms with Crippen LogP contribution >= 0.6 is 0 Å². The van der Waals surface area contributed by atoms with Crippen molar-refractivity contribution in [3.8, 4) is 11.5 Å². The number of phenols is 1. The number of allylic oxidation sites excluding steroid dienone is 4. The lowest BCUT2D eigenvalue weighted by atomic mass is 9.68. The van der Waals surface area contributed by atoms with Crippen LogP contribution in [-0.4, -0.2) is 30.6 Å². The normalized spacial score (nSPS) is 20.2. The molecule has 2 aliphatic rings. The van der Waals surface area contributed by atoms with Crippen molar-refractivity contribution >= 4 is 11.8 Å². The van der Waals surface area contributed by atoms with Crippen LogP contribution in [0.3, 0.4) is 0 Å². The molecule has 6 heteroatoms. The SMILES string of the molecule is C=CCc1cc([C@H]2C(C(=O)OCC)=C(C)NC3=C2C(=O)CC(C)(C)C3)cc(OC)c1O. The van der Waals surface area contributed by atoms with Crippen LogP contribution in [0.2, 0.25) is 0 Å². The third-order valence-electron chi connectivity index (χ3n) is 5.83. The molecule has 0 spiro atoms. The highest BCUT2D eigenvalue weighted by Crippen LogP contribution is 2.48. The minimum Gasteiger partial charge on any atom is -0.504 e. The second kappa shape index (κ2) is 8.61. The van der Waals surface area contributed by atoms with Gasteiger partial charge in [0.1, 0.15) is 0 Å². The standard InChI is InChI=1S/C25H31NO5/c1-7-9-15-10-16(11-19(30-6)23(15)28)21-20(24(29)31-8-2)14(3)26-17-12-25(4,5)13-18(27)22(17)21/h7,10-11,21,26,28H,1,8-9,12-13H2,2-6H3/t21-/m0/s1. The van der Waals surface area contributed by atoms with E-state index in [1.165, 1.54) is 7.11 Å². The molecule has 1 aromatic rings.